The number of amides is 1. The van der Waals surface area contributed by atoms with Gasteiger partial charge in [0.05, 0.1) is 0 Å². The van der Waals surface area contributed by atoms with E-state index in [0.29, 0.717) is 24.2 Å². The van der Waals surface area contributed by atoms with E-state index in [1.165, 1.54) is 0 Å². The Bertz CT molecular complexity index is 653. The Hall–Kier alpha value is -2.33. The molecule has 0 aliphatic heterocycles. The summed E-state index contributed by atoms with van der Waals surface area (Å²) in [5, 5.41) is 9.72. The number of phenols is 1. The van der Waals surface area contributed by atoms with E-state index in [9.17, 15) is 9.90 Å². The van der Waals surface area contributed by atoms with Crippen LogP contribution in [0.3, 0.4) is 0 Å². The SMILES string of the molecule is Cc1c(O)cccc1C(=O)N(C)Cc1ccccc1CN. The number of rotatable bonds is 4. The van der Waals surface area contributed by atoms with Crippen LogP contribution in [0.4, 0.5) is 0 Å². The van der Waals surface area contributed by atoms with E-state index in [4.69, 9.17) is 5.73 Å². The average Bonchev–Trinajstić information content (AvgIpc) is 2.50. The molecular weight excluding hydrogens is 264 g/mol. The van der Waals surface area contributed by atoms with E-state index >= 15 is 0 Å². The first-order valence-electron chi connectivity index (χ1n) is 6.85. The average molecular weight is 284 g/mol. The van der Waals surface area contributed by atoms with Gasteiger partial charge in [-0.25, -0.2) is 0 Å². The van der Waals surface area contributed by atoms with Crippen molar-refractivity contribution in [3.63, 3.8) is 0 Å². The molecular formula is C17H20N2O2. The monoisotopic (exact) mass is 284 g/mol. The van der Waals surface area contributed by atoms with Gasteiger partial charge in [0.2, 0.25) is 0 Å². The van der Waals surface area contributed by atoms with Gasteiger partial charge in [-0.15, -0.1) is 0 Å². The zero-order valence-corrected chi connectivity index (χ0v) is 12.3. The highest BCUT2D eigenvalue weighted by Crippen LogP contribution is 2.21. The zero-order valence-electron chi connectivity index (χ0n) is 12.3. The molecule has 3 N–H and O–H groups in total. The van der Waals surface area contributed by atoms with Gasteiger partial charge in [0.25, 0.3) is 5.91 Å². The van der Waals surface area contributed by atoms with Crippen LogP contribution >= 0.6 is 0 Å². The zero-order chi connectivity index (χ0) is 15.4. The fourth-order valence-electron chi connectivity index (χ4n) is 2.30. The van der Waals surface area contributed by atoms with Crippen molar-refractivity contribution in [1.29, 1.82) is 0 Å². The third-order valence-corrected chi connectivity index (χ3v) is 3.63. The highest BCUT2D eigenvalue weighted by molar-refractivity contribution is 5.96. The van der Waals surface area contributed by atoms with Crippen LogP contribution < -0.4 is 5.73 Å². The molecule has 2 aromatic carbocycles. The van der Waals surface area contributed by atoms with E-state index < -0.39 is 0 Å². The maximum Gasteiger partial charge on any atom is 0.254 e. The summed E-state index contributed by atoms with van der Waals surface area (Å²) in [4.78, 5) is 14.1. The van der Waals surface area contributed by atoms with Gasteiger partial charge in [-0.2, -0.15) is 0 Å². The van der Waals surface area contributed by atoms with E-state index in [2.05, 4.69) is 0 Å². The molecule has 0 unspecified atom stereocenters. The summed E-state index contributed by atoms with van der Waals surface area (Å²) in [6.45, 7) is 2.68. The summed E-state index contributed by atoms with van der Waals surface area (Å²) in [5.74, 6) is 0.0202. The van der Waals surface area contributed by atoms with Gasteiger partial charge in [0, 0.05) is 31.3 Å². The second-order valence-electron chi connectivity index (χ2n) is 5.08. The van der Waals surface area contributed by atoms with Crippen LogP contribution in [0.1, 0.15) is 27.0 Å². The number of hydrogen-bond donors (Lipinski definition) is 2. The molecule has 21 heavy (non-hydrogen) atoms. The molecule has 0 bridgehead atoms. The number of nitrogens with zero attached hydrogens (tertiary/aromatic N) is 1. The molecule has 110 valence electrons. The van der Waals surface area contributed by atoms with Crippen molar-refractivity contribution < 1.29 is 9.90 Å². The van der Waals surface area contributed by atoms with Crippen LogP contribution in [0.25, 0.3) is 0 Å². The van der Waals surface area contributed by atoms with Crippen molar-refractivity contribution in [2.45, 2.75) is 20.0 Å². The molecule has 0 aliphatic rings. The maximum atomic E-state index is 12.5. The summed E-state index contributed by atoms with van der Waals surface area (Å²) < 4.78 is 0. The summed E-state index contributed by atoms with van der Waals surface area (Å²) >= 11 is 0. The second-order valence-corrected chi connectivity index (χ2v) is 5.08. The summed E-state index contributed by atoms with van der Waals surface area (Å²) in [6, 6.07) is 12.8. The first-order chi connectivity index (χ1) is 10.0. The fourth-order valence-corrected chi connectivity index (χ4v) is 2.30. The van der Waals surface area contributed by atoms with E-state index in [1.54, 1.807) is 37.1 Å². The minimum Gasteiger partial charge on any atom is -0.508 e. The van der Waals surface area contributed by atoms with E-state index in [-0.39, 0.29) is 11.7 Å². The Morgan fingerprint density at radius 3 is 2.48 bits per heavy atom. The van der Waals surface area contributed by atoms with Gasteiger partial charge in [-0.1, -0.05) is 30.3 Å². The van der Waals surface area contributed by atoms with Gasteiger partial charge in [0.15, 0.2) is 0 Å². The van der Waals surface area contributed by atoms with Gasteiger partial charge < -0.3 is 15.7 Å². The smallest absolute Gasteiger partial charge is 0.254 e. The lowest BCUT2D eigenvalue weighted by atomic mass is 10.0. The molecule has 0 spiro atoms. The number of benzene rings is 2. The third kappa shape index (κ3) is 3.23. The van der Waals surface area contributed by atoms with E-state index in [1.807, 2.05) is 24.3 Å². The first-order valence-corrected chi connectivity index (χ1v) is 6.85. The lowest BCUT2D eigenvalue weighted by molar-refractivity contribution is 0.0783. The summed E-state index contributed by atoms with van der Waals surface area (Å²) in [5.41, 5.74) is 8.90. The number of nitrogens with two attached hydrogens (primary N) is 1. The fraction of sp³-hybridized carbons (Fsp3) is 0.235. The Morgan fingerprint density at radius 2 is 1.81 bits per heavy atom. The van der Waals surface area contributed by atoms with Crippen molar-refractivity contribution in [2.24, 2.45) is 5.73 Å². The van der Waals surface area contributed by atoms with Crippen molar-refractivity contribution >= 4 is 5.91 Å². The van der Waals surface area contributed by atoms with Crippen LogP contribution in [0, 0.1) is 6.92 Å². The highest BCUT2D eigenvalue weighted by atomic mass is 16.3. The van der Waals surface area contributed by atoms with Crippen molar-refractivity contribution in [1.82, 2.24) is 4.90 Å². The maximum absolute atomic E-state index is 12.5. The lowest BCUT2D eigenvalue weighted by Crippen LogP contribution is -2.27. The molecule has 2 aromatic rings. The van der Waals surface area contributed by atoms with Crippen LogP contribution in [-0.4, -0.2) is 23.0 Å². The number of phenolic OH excluding ortho intramolecular Hbond substituents is 1. The molecule has 0 atom stereocenters. The Balaban J connectivity index is 2.22. The van der Waals surface area contributed by atoms with Crippen LogP contribution in [0.2, 0.25) is 0 Å². The van der Waals surface area contributed by atoms with Gasteiger partial charge >= 0.3 is 0 Å². The predicted molar refractivity (Wildman–Crippen MR) is 83.0 cm³/mol. The van der Waals surface area contributed by atoms with Gasteiger partial charge in [-0.3, -0.25) is 4.79 Å². The number of carbonyl (C=O) groups excluding carboxylic acids is 1. The normalized spacial score (nSPS) is 10.4. The van der Waals surface area contributed by atoms with Gasteiger partial charge in [-0.05, 0) is 30.2 Å². The molecule has 1 amide bonds. The second kappa shape index (κ2) is 6.41. The molecule has 0 radical (unpaired) electrons. The summed E-state index contributed by atoms with van der Waals surface area (Å²) in [7, 11) is 1.75. The minimum atomic E-state index is -0.116. The number of hydrogen-bond acceptors (Lipinski definition) is 3. The summed E-state index contributed by atoms with van der Waals surface area (Å²) in [6.07, 6.45) is 0. The number of carbonyl (C=O) groups is 1. The van der Waals surface area contributed by atoms with Crippen LogP contribution in [0.15, 0.2) is 42.5 Å². The molecule has 4 heteroatoms. The van der Waals surface area contributed by atoms with Gasteiger partial charge in [0.1, 0.15) is 5.75 Å². The third-order valence-electron chi connectivity index (χ3n) is 3.63. The Labute approximate surface area is 124 Å². The molecule has 2 rings (SSSR count). The standard InChI is InChI=1S/C17H20N2O2/c1-12-15(8-5-9-16(12)20)17(21)19(2)11-14-7-4-3-6-13(14)10-18/h3-9,20H,10-11,18H2,1-2H3. The Kier molecular flexibility index (Phi) is 4.60. The number of aromatic hydroxyl groups is 1. The molecule has 0 aliphatic carbocycles. The van der Waals surface area contributed by atoms with Crippen LogP contribution in [0.5, 0.6) is 5.75 Å². The molecule has 4 nitrogen and oxygen atoms in total. The Morgan fingerprint density at radius 1 is 1.14 bits per heavy atom. The molecule has 0 saturated carbocycles. The van der Waals surface area contributed by atoms with Crippen LogP contribution in [-0.2, 0) is 13.1 Å². The first kappa shape index (κ1) is 15.1. The van der Waals surface area contributed by atoms with E-state index in [0.717, 1.165) is 11.1 Å². The minimum absolute atomic E-state index is 0.116. The van der Waals surface area contributed by atoms with Crippen molar-refractivity contribution in [2.75, 3.05) is 7.05 Å². The largest absolute Gasteiger partial charge is 0.508 e. The highest BCUT2D eigenvalue weighted by Gasteiger charge is 2.16. The molecule has 0 aromatic heterocycles. The van der Waals surface area contributed by atoms with Crippen molar-refractivity contribution in [3.8, 4) is 5.75 Å². The topological polar surface area (TPSA) is 66.6 Å². The van der Waals surface area contributed by atoms with Crippen molar-refractivity contribution in [3.05, 3.63) is 64.7 Å². The lowest BCUT2D eigenvalue weighted by Gasteiger charge is -2.20. The predicted octanol–water partition coefficient (Wildman–Crippen LogP) is 2.43. The molecule has 0 saturated heterocycles. The molecule has 0 heterocycles. The quantitative estimate of drug-likeness (QED) is 0.906. The molecule has 0 fully saturated rings.